The molecule has 0 fully saturated rings. The molecule has 44 heavy (non-hydrogen) atoms. The lowest BCUT2D eigenvalue weighted by Gasteiger charge is -2.12. The predicted octanol–water partition coefficient (Wildman–Crippen LogP) is 11.2. The zero-order chi connectivity index (χ0) is 30.8. The maximum atomic E-state index is 4.68. The summed E-state index contributed by atoms with van der Waals surface area (Å²) in [5, 5.41) is 22.9. The molecular formula is C38H36N6. The Morgan fingerprint density at radius 2 is 0.795 bits per heavy atom. The molecular weight excluding hydrogens is 540 g/mol. The Kier molecular flexibility index (Phi) is 7.90. The minimum atomic E-state index is 0.830. The first-order chi connectivity index (χ1) is 21.3. The van der Waals surface area contributed by atoms with Gasteiger partial charge in [-0.15, -0.1) is 10.2 Å². The van der Waals surface area contributed by atoms with Crippen LogP contribution in [-0.4, -0.2) is 28.2 Å². The first-order valence-electron chi connectivity index (χ1n) is 14.7. The molecule has 0 bridgehead atoms. The third-order valence-corrected chi connectivity index (χ3v) is 7.98. The molecule has 6 aromatic carbocycles. The van der Waals surface area contributed by atoms with Crippen molar-refractivity contribution in [2.24, 2.45) is 20.5 Å². The van der Waals surface area contributed by atoms with Crippen LogP contribution in [0.3, 0.4) is 0 Å². The van der Waals surface area contributed by atoms with Crippen molar-refractivity contribution in [3.8, 4) is 11.1 Å². The van der Waals surface area contributed by atoms with Crippen LogP contribution in [0.25, 0.3) is 32.7 Å². The van der Waals surface area contributed by atoms with Gasteiger partial charge >= 0.3 is 0 Å². The molecule has 0 radical (unpaired) electrons. The molecule has 0 spiro atoms. The van der Waals surface area contributed by atoms with Crippen LogP contribution in [-0.2, 0) is 0 Å². The van der Waals surface area contributed by atoms with Gasteiger partial charge in [0.15, 0.2) is 0 Å². The van der Waals surface area contributed by atoms with Gasteiger partial charge in [0.25, 0.3) is 0 Å². The average Bonchev–Trinajstić information content (AvgIpc) is 3.03. The molecule has 0 amide bonds. The predicted molar refractivity (Wildman–Crippen MR) is 186 cm³/mol. The second kappa shape index (κ2) is 12.1. The summed E-state index contributed by atoms with van der Waals surface area (Å²) in [5.74, 6) is 0. The Balaban J connectivity index is 1.30. The van der Waals surface area contributed by atoms with Gasteiger partial charge in [-0.25, -0.2) is 0 Å². The van der Waals surface area contributed by atoms with Crippen LogP contribution in [0, 0.1) is 13.8 Å². The van der Waals surface area contributed by atoms with Gasteiger partial charge in [0.05, 0.1) is 22.7 Å². The molecule has 6 aromatic rings. The van der Waals surface area contributed by atoms with Gasteiger partial charge in [-0.2, -0.15) is 10.2 Å². The summed E-state index contributed by atoms with van der Waals surface area (Å²) in [6.45, 7) is 4.16. The van der Waals surface area contributed by atoms with Gasteiger partial charge in [-0.3, -0.25) is 0 Å². The summed E-state index contributed by atoms with van der Waals surface area (Å²) >= 11 is 0. The Hall–Kier alpha value is -5.36. The van der Waals surface area contributed by atoms with Gasteiger partial charge in [0.2, 0.25) is 0 Å². The van der Waals surface area contributed by atoms with E-state index in [9.17, 15) is 0 Å². The van der Waals surface area contributed by atoms with E-state index in [4.69, 9.17) is 0 Å². The van der Waals surface area contributed by atoms with E-state index in [2.05, 4.69) is 129 Å². The molecule has 0 aliphatic rings. The highest BCUT2D eigenvalue weighted by Gasteiger charge is 2.10. The van der Waals surface area contributed by atoms with Crippen LogP contribution in [0.2, 0.25) is 0 Å². The van der Waals surface area contributed by atoms with Crippen LogP contribution >= 0.6 is 0 Å². The smallest absolute Gasteiger partial charge is 0.0964 e. The van der Waals surface area contributed by atoms with Crippen LogP contribution < -0.4 is 9.80 Å². The lowest BCUT2D eigenvalue weighted by Crippen LogP contribution is -2.07. The van der Waals surface area contributed by atoms with Crippen molar-refractivity contribution in [1.29, 1.82) is 0 Å². The van der Waals surface area contributed by atoms with E-state index >= 15 is 0 Å². The third kappa shape index (κ3) is 5.92. The largest absolute Gasteiger partial charge is 0.378 e. The van der Waals surface area contributed by atoms with Gasteiger partial charge in [-0.05, 0) is 108 Å². The quantitative estimate of drug-likeness (QED) is 0.177. The molecule has 0 unspecified atom stereocenters. The van der Waals surface area contributed by atoms with Crippen LogP contribution in [0.15, 0.2) is 130 Å². The van der Waals surface area contributed by atoms with Gasteiger partial charge in [0, 0.05) is 50.3 Å². The van der Waals surface area contributed by atoms with Crippen LogP contribution in [0.1, 0.15) is 11.1 Å². The second-order valence-corrected chi connectivity index (χ2v) is 11.6. The standard InChI is InChI=1S/C38H36N6/c1-25-7-9-29-23-27(11-21-35(29)37(25)41-39-31-13-17-33(18-14-31)43(3)4)28-12-22-36-30(24-28)10-8-26(2)38(36)42-40-32-15-19-34(20-16-32)44(5)6/h7-24H,1-6H3. The Bertz CT molecular complexity index is 1870. The number of fused-ring (bicyclic) bond motifs is 2. The lowest BCUT2D eigenvalue weighted by molar-refractivity contribution is 1.13. The van der Waals surface area contributed by atoms with Crippen molar-refractivity contribution in [3.63, 3.8) is 0 Å². The summed E-state index contributed by atoms with van der Waals surface area (Å²) in [5.41, 5.74) is 10.2. The molecule has 0 heterocycles. The molecule has 0 atom stereocenters. The minimum Gasteiger partial charge on any atom is -0.378 e. The second-order valence-electron chi connectivity index (χ2n) is 11.6. The van der Waals surface area contributed by atoms with E-state index in [1.54, 1.807) is 0 Å². The van der Waals surface area contributed by atoms with E-state index in [1.807, 2.05) is 52.5 Å². The number of azo groups is 2. The maximum Gasteiger partial charge on any atom is 0.0964 e. The van der Waals surface area contributed by atoms with Crippen molar-refractivity contribution in [2.75, 3.05) is 38.0 Å². The molecule has 6 heteroatoms. The normalized spacial score (nSPS) is 11.7. The summed E-state index contributed by atoms with van der Waals surface area (Å²) < 4.78 is 0. The average molecular weight is 577 g/mol. The molecule has 0 N–H and O–H groups in total. The minimum absolute atomic E-state index is 0.830. The zero-order valence-electron chi connectivity index (χ0n) is 26.1. The van der Waals surface area contributed by atoms with Crippen molar-refractivity contribution >= 4 is 55.7 Å². The Labute approximate surface area is 259 Å². The summed E-state index contributed by atoms with van der Waals surface area (Å²) in [6.07, 6.45) is 0. The molecule has 0 aromatic heterocycles. The fraction of sp³-hybridized carbons (Fsp3) is 0.158. The monoisotopic (exact) mass is 576 g/mol. The number of anilines is 2. The van der Waals surface area contributed by atoms with Gasteiger partial charge < -0.3 is 9.80 Å². The van der Waals surface area contributed by atoms with Crippen molar-refractivity contribution < 1.29 is 0 Å². The number of nitrogens with zero attached hydrogens (tertiary/aromatic N) is 6. The number of hydrogen-bond acceptors (Lipinski definition) is 6. The molecule has 0 saturated carbocycles. The van der Waals surface area contributed by atoms with Crippen LogP contribution in [0.4, 0.5) is 34.1 Å². The number of benzene rings is 6. The number of hydrogen-bond donors (Lipinski definition) is 0. The highest BCUT2D eigenvalue weighted by molar-refractivity contribution is 5.99. The first kappa shape index (κ1) is 28.7. The van der Waals surface area contributed by atoms with Gasteiger partial charge in [-0.1, -0.05) is 48.5 Å². The molecule has 0 aliphatic heterocycles. The highest BCUT2D eigenvalue weighted by Crippen LogP contribution is 2.37. The fourth-order valence-electron chi connectivity index (χ4n) is 5.32. The molecule has 6 nitrogen and oxygen atoms in total. The van der Waals surface area contributed by atoms with E-state index in [0.717, 1.165) is 77.9 Å². The van der Waals surface area contributed by atoms with Crippen molar-refractivity contribution in [1.82, 2.24) is 0 Å². The summed E-state index contributed by atoms with van der Waals surface area (Å²) in [4.78, 5) is 4.14. The molecule has 218 valence electrons. The van der Waals surface area contributed by atoms with E-state index in [1.165, 1.54) is 0 Å². The highest BCUT2D eigenvalue weighted by atomic mass is 15.1. The molecule has 6 rings (SSSR count). The summed E-state index contributed by atoms with van der Waals surface area (Å²) in [6, 6.07) is 37.8. The third-order valence-electron chi connectivity index (χ3n) is 7.98. The van der Waals surface area contributed by atoms with Gasteiger partial charge in [0.1, 0.15) is 0 Å². The fourth-order valence-corrected chi connectivity index (χ4v) is 5.32. The van der Waals surface area contributed by atoms with E-state index < -0.39 is 0 Å². The van der Waals surface area contributed by atoms with E-state index in [-0.39, 0.29) is 0 Å². The summed E-state index contributed by atoms with van der Waals surface area (Å²) in [7, 11) is 8.11. The molecule has 0 aliphatic carbocycles. The van der Waals surface area contributed by atoms with Crippen molar-refractivity contribution in [2.45, 2.75) is 13.8 Å². The first-order valence-corrected chi connectivity index (χ1v) is 14.7. The van der Waals surface area contributed by atoms with Crippen LogP contribution in [0.5, 0.6) is 0 Å². The molecule has 0 saturated heterocycles. The topological polar surface area (TPSA) is 55.9 Å². The maximum absolute atomic E-state index is 4.68. The van der Waals surface area contributed by atoms with E-state index in [0.29, 0.717) is 0 Å². The zero-order valence-corrected chi connectivity index (χ0v) is 26.1. The SMILES string of the molecule is Cc1ccc2cc(-c3ccc4c(N=Nc5ccc(N(C)C)cc5)c(C)ccc4c3)ccc2c1N=Nc1ccc(N(C)C)cc1. The number of rotatable bonds is 7. The van der Waals surface area contributed by atoms with Crippen molar-refractivity contribution in [3.05, 3.63) is 120 Å². The Morgan fingerprint density at radius 1 is 0.409 bits per heavy atom. The Morgan fingerprint density at radius 3 is 1.16 bits per heavy atom. The number of aryl methyl sites for hydroxylation is 2. The lowest BCUT2D eigenvalue weighted by atomic mass is 9.96.